The smallest absolute Gasteiger partial charge is 0.216 e. The Bertz CT molecular complexity index is 328. The lowest BCUT2D eigenvalue weighted by Crippen LogP contribution is -2.06. The SMILES string of the molecule is COc1cc(CC(Cl)CC2CC2)ncn1. The van der Waals surface area contributed by atoms with E-state index in [-0.39, 0.29) is 5.38 Å². The van der Waals surface area contributed by atoms with Gasteiger partial charge in [0.2, 0.25) is 5.88 Å². The van der Waals surface area contributed by atoms with Crippen LogP contribution in [0.3, 0.4) is 0 Å². The monoisotopic (exact) mass is 226 g/mol. The van der Waals surface area contributed by atoms with Gasteiger partial charge < -0.3 is 4.74 Å². The zero-order valence-electron chi connectivity index (χ0n) is 8.82. The van der Waals surface area contributed by atoms with Crippen molar-refractivity contribution in [2.45, 2.75) is 31.1 Å². The zero-order valence-corrected chi connectivity index (χ0v) is 9.57. The van der Waals surface area contributed by atoms with Crippen molar-refractivity contribution in [3.63, 3.8) is 0 Å². The minimum atomic E-state index is 0.192. The number of ether oxygens (including phenoxy) is 1. The molecule has 0 aromatic carbocycles. The van der Waals surface area contributed by atoms with Crippen molar-refractivity contribution in [3.8, 4) is 5.88 Å². The lowest BCUT2D eigenvalue weighted by atomic mass is 10.1. The molecule has 1 aromatic rings. The molecule has 0 amide bonds. The molecule has 1 aliphatic carbocycles. The number of hydrogen-bond acceptors (Lipinski definition) is 3. The van der Waals surface area contributed by atoms with E-state index >= 15 is 0 Å². The van der Waals surface area contributed by atoms with Crippen molar-refractivity contribution < 1.29 is 4.74 Å². The van der Waals surface area contributed by atoms with Crippen LogP contribution in [-0.2, 0) is 6.42 Å². The van der Waals surface area contributed by atoms with Gasteiger partial charge in [-0.3, -0.25) is 0 Å². The number of rotatable bonds is 5. The highest BCUT2D eigenvalue weighted by Gasteiger charge is 2.24. The number of aromatic nitrogens is 2. The van der Waals surface area contributed by atoms with Crippen LogP contribution in [-0.4, -0.2) is 22.5 Å². The molecule has 0 spiro atoms. The van der Waals surface area contributed by atoms with Gasteiger partial charge in [-0.05, 0) is 12.3 Å². The Labute approximate surface area is 94.8 Å². The first-order chi connectivity index (χ1) is 7.28. The molecule has 1 fully saturated rings. The summed E-state index contributed by atoms with van der Waals surface area (Å²) in [7, 11) is 1.61. The largest absolute Gasteiger partial charge is 0.481 e. The van der Waals surface area contributed by atoms with Crippen molar-refractivity contribution in [3.05, 3.63) is 18.1 Å². The number of alkyl halides is 1. The second-order valence-corrected chi connectivity index (χ2v) is 4.65. The topological polar surface area (TPSA) is 35.0 Å². The third kappa shape index (κ3) is 3.34. The Morgan fingerprint density at radius 3 is 3.00 bits per heavy atom. The summed E-state index contributed by atoms with van der Waals surface area (Å²) in [6.07, 6.45) is 6.12. The Hall–Kier alpha value is -0.830. The summed E-state index contributed by atoms with van der Waals surface area (Å²) in [6.45, 7) is 0. The molecule has 1 heterocycles. The molecule has 0 aliphatic heterocycles. The van der Waals surface area contributed by atoms with Crippen LogP contribution < -0.4 is 4.74 Å². The number of hydrogen-bond donors (Lipinski definition) is 0. The van der Waals surface area contributed by atoms with E-state index in [0.29, 0.717) is 5.88 Å². The molecule has 1 atom stereocenters. The molecule has 0 bridgehead atoms. The highest BCUT2D eigenvalue weighted by molar-refractivity contribution is 6.20. The summed E-state index contributed by atoms with van der Waals surface area (Å²) < 4.78 is 5.04. The summed E-state index contributed by atoms with van der Waals surface area (Å²) in [5.41, 5.74) is 0.961. The number of nitrogens with zero attached hydrogens (tertiary/aromatic N) is 2. The standard InChI is InChI=1S/C11H15ClN2O/c1-15-11-6-10(13-7-14-11)5-9(12)4-8-2-3-8/h6-9H,2-5H2,1H3. The van der Waals surface area contributed by atoms with E-state index in [2.05, 4.69) is 9.97 Å². The molecule has 0 saturated heterocycles. The maximum atomic E-state index is 6.24. The van der Waals surface area contributed by atoms with Gasteiger partial charge in [-0.25, -0.2) is 9.97 Å². The van der Waals surface area contributed by atoms with Crippen molar-refractivity contribution in [2.75, 3.05) is 7.11 Å². The minimum Gasteiger partial charge on any atom is -0.481 e. The predicted molar refractivity (Wildman–Crippen MR) is 59.3 cm³/mol. The number of methoxy groups -OCH3 is 1. The summed E-state index contributed by atoms with van der Waals surface area (Å²) in [5, 5.41) is 0.192. The predicted octanol–water partition coefficient (Wildman–Crippen LogP) is 2.44. The van der Waals surface area contributed by atoms with Crippen molar-refractivity contribution in [2.24, 2.45) is 5.92 Å². The van der Waals surface area contributed by atoms with E-state index in [1.807, 2.05) is 6.07 Å². The lowest BCUT2D eigenvalue weighted by molar-refractivity contribution is 0.395. The molecule has 0 N–H and O–H groups in total. The van der Waals surface area contributed by atoms with E-state index in [4.69, 9.17) is 16.3 Å². The Balaban J connectivity index is 1.90. The first-order valence-corrected chi connectivity index (χ1v) is 5.70. The van der Waals surface area contributed by atoms with Gasteiger partial charge in [0.1, 0.15) is 6.33 Å². The second-order valence-electron chi connectivity index (χ2n) is 4.03. The van der Waals surface area contributed by atoms with Gasteiger partial charge >= 0.3 is 0 Å². The maximum Gasteiger partial charge on any atom is 0.216 e. The van der Waals surface area contributed by atoms with Gasteiger partial charge in [-0.1, -0.05) is 12.8 Å². The normalized spacial score (nSPS) is 17.5. The van der Waals surface area contributed by atoms with E-state index in [1.165, 1.54) is 19.2 Å². The average molecular weight is 227 g/mol. The van der Waals surface area contributed by atoms with Crippen molar-refractivity contribution in [1.82, 2.24) is 9.97 Å². The molecule has 0 radical (unpaired) electrons. The van der Waals surface area contributed by atoms with Crippen LogP contribution >= 0.6 is 11.6 Å². The highest BCUT2D eigenvalue weighted by Crippen LogP contribution is 2.35. The van der Waals surface area contributed by atoms with Crippen molar-refractivity contribution in [1.29, 1.82) is 0 Å². The van der Waals surface area contributed by atoms with E-state index in [0.717, 1.165) is 24.5 Å². The molecule has 1 unspecified atom stereocenters. The summed E-state index contributed by atoms with van der Waals surface area (Å²) in [6, 6.07) is 1.85. The van der Waals surface area contributed by atoms with Gasteiger partial charge in [0.15, 0.2) is 0 Å². The molecule has 2 rings (SSSR count). The molecule has 1 aromatic heterocycles. The third-order valence-electron chi connectivity index (χ3n) is 2.62. The average Bonchev–Trinajstić information content (AvgIpc) is 3.02. The van der Waals surface area contributed by atoms with E-state index in [1.54, 1.807) is 7.11 Å². The zero-order chi connectivity index (χ0) is 10.7. The van der Waals surface area contributed by atoms with Crippen LogP contribution in [0.2, 0.25) is 0 Å². The third-order valence-corrected chi connectivity index (χ3v) is 2.96. The molecule has 1 aliphatic rings. The molecule has 4 heteroatoms. The quantitative estimate of drug-likeness (QED) is 0.724. The Kier molecular flexibility index (Phi) is 3.41. The fourth-order valence-corrected chi connectivity index (χ4v) is 2.04. The van der Waals surface area contributed by atoms with Crippen molar-refractivity contribution >= 4 is 11.6 Å². The van der Waals surface area contributed by atoms with E-state index in [9.17, 15) is 0 Å². The number of halogens is 1. The van der Waals surface area contributed by atoms with Gasteiger partial charge in [-0.15, -0.1) is 11.6 Å². The maximum absolute atomic E-state index is 6.24. The molecular weight excluding hydrogens is 212 g/mol. The first-order valence-electron chi connectivity index (χ1n) is 5.27. The first kappa shape index (κ1) is 10.7. The summed E-state index contributed by atoms with van der Waals surface area (Å²) in [5.74, 6) is 1.46. The van der Waals surface area contributed by atoms with Gasteiger partial charge in [0, 0.05) is 23.6 Å². The van der Waals surface area contributed by atoms with Crippen LogP contribution in [0.1, 0.15) is 25.0 Å². The van der Waals surface area contributed by atoms with Crippen LogP contribution in [0.15, 0.2) is 12.4 Å². The summed E-state index contributed by atoms with van der Waals surface area (Å²) >= 11 is 6.24. The van der Waals surface area contributed by atoms with Crippen LogP contribution in [0.25, 0.3) is 0 Å². The van der Waals surface area contributed by atoms with Gasteiger partial charge in [0.25, 0.3) is 0 Å². The minimum absolute atomic E-state index is 0.192. The van der Waals surface area contributed by atoms with Gasteiger partial charge in [0.05, 0.1) is 7.11 Å². The molecular formula is C11H15ClN2O. The van der Waals surface area contributed by atoms with Crippen LogP contribution in [0.5, 0.6) is 5.88 Å². The summed E-state index contributed by atoms with van der Waals surface area (Å²) in [4.78, 5) is 8.14. The highest BCUT2D eigenvalue weighted by atomic mass is 35.5. The molecule has 82 valence electrons. The fourth-order valence-electron chi connectivity index (χ4n) is 1.63. The van der Waals surface area contributed by atoms with Crippen LogP contribution in [0, 0.1) is 5.92 Å². The van der Waals surface area contributed by atoms with Gasteiger partial charge in [-0.2, -0.15) is 0 Å². The lowest BCUT2D eigenvalue weighted by Gasteiger charge is -2.08. The Morgan fingerprint density at radius 2 is 2.33 bits per heavy atom. The van der Waals surface area contributed by atoms with E-state index < -0.39 is 0 Å². The molecule has 1 saturated carbocycles. The van der Waals surface area contributed by atoms with Crippen LogP contribution in [0.4, 0.5) is 0 Å². The second kappa shape index (κ2) is 4.79. The molecule has 3 nitrogen and oxygen atoms in total. The fraction of sp³-hybridized carbons (Fsp3) is 0.636. The Morgan fingerprint density at radius 1 is 1.53 bits per heavy atom. The molecule has 15 heavy (non-hydrogen) atoms.